The molecular formula is C18H14Cl3N3S. The summed E-state index contributed by atoms with van der Waals surface area (Å²) in [5.74, 6) is 1.40. The first-order valence-electron chi connectivity index (χ1n) is 7.44. The maximum atomic E-state index is 6.22. The minimum absolute atomic E-state index is 0.625. The minimum Gasteiger partial charge on any atom is -0.340 e. The lowest BCUT2D eigenvalue weighted by molar-refractivity contribution is 0.937. The zero-order chi connectivity index (χ0) is 17.8. The van der Waals surface area contributed by atoms with E-state index in [1.807, 2.05) is 49.4 Å². The largest absolute Gasteiger partial charge is 0.340 e. The molecule has 1 heterocycles. The Morgan fingerprint density at radius 1 is 0.920 bits per heavy atom. The molecule has 0 radical (unpaired) electrons. The zero-order valence-corrected chi connectivity index (χ0v) is 16.3. The van der Waals surface area contributed by atoms with Crippen molar-refractivity contribution in [3.63, 3.8) is 0 Å². The standard InChI is InChI=1S/C18H14Cl3N3S/c1-11-8-17(23-15-6-4-13(19)5-7-15)24-18(22-11)25-10-12-2-3-14(20)9-16(12)21/h2-9H,10H2,1H3,(H,22,23,24). The SMILES string of the molecule is Cc1cc(Nc2ccc(Cl)cc2)nc(SCc2ccc(Cl)cc2Cl)n1. The lowest BCUT2D eigenvalue weighted by Crippen LogP contribution is -1.98. The van der Waals surface area contributed by atoms with E-state index in [9.17, 15) is 0 Å². The maximum absolute atomic E-state index is 6.22. The van der Waals surface area contributed by atoms with Gasteiger partial charge in [0.05, 0.1) is 0 Å². The predicted molar refractivity (Wildman–Crippen MR) is 108 cm³/mol. The van der Waals surface area contributed by atoms with Crippen molar-refractivity contribution in [2.75, 3.05) is 5.32 Å². The highest BCUT2D eigenvalue weighted by Gasteiger charge is 2.07. The van der Waals surface area contributed by atoms with Crippen molar-refractivity contribution in [1.82, 2.24) is 9.97 Å². The van der Waals surface area contributed by atoms with Crippen LogP contribution in [0, 0.1) is 6.92 Å². The summed E-state index contributed by atoms with van der Waals surface area (Å²) in [6.45, 7) is 1.94. The molecule has 3 aromatic rings. The number of nitrogens with zero attached hydrogens (tertiary/aromatic N) is 2. The molecular weight excluding hydrogens is 397 g/mol. The van der Waals surface area contributed by atoms with Crippen molar-refractivity contribution in [3.05, 3.63) is 74.9 Å². The van der Waals surface area contributed by atoms with Crippen LogP contribution >= 0.6 is 46.6 Å². The first kappa shape index (κ1) is 18.3. The van der Waals surface area contributed by atoms with Crippen LogP contribution < -0.4 is 5.32 Å². The molecule has 0 aliphatic rings. The van der Waals surface area contributed by atoms with Gasteiger partial charge in [-0.25, -0.2) is 9.97 Å². The van der Waals surface area contributed by atoms with Crippen LogP contribution in [0.4, 0.5) is 11.5 Å². The number of rotatable bonds is 5. The molecule has 0 spiro atoms. The molecule has 0 amide bonds. The zero-order valence-electron chi connectivity index (χ0n) is 13.3. The minimum atomic E-state index is 0.625. The molecule has 1 aromatic heterocycles. The molecule has 0 fully saturated rings. The van der Waals surface area contributed by atoms with Crippen LogP contribution in [0.1, 0.15) is 11.3 Å². The van der Waals surface area contributed by atoms with E-state index in [1.165, 1.54) is 11.8 Å². The number of aromatic nitrogens is 2. The number of halogens is 3. The van der Waals surface area contributed by atoms with Gasteiger partial charge in [-0.15, -0.1) is 0 Å². The van der Waals surface area contributed by atoms with Crippen molar-refractivity contribution < 1.29 is 0 Å². The van der Waals surface area contributed by atoms with Crippen LogP contribution in [-0.4, -0.2) is 9.97 Å². The Bertz CT molecular complexity index is 885. The van der Waals surface area contributed by atoms with E-state index in [1.54, 1.807) is 6.07 Å². The van der Waals surface area contributed by atoms with Crippen LogP contribution in [0.5, 0.6) is 0 Å². The van der Waals surface area contributed by atoms with E-state index in [0.717, 1.165) is 22.8 Å². The van der Waals surface area contributed by atoms with Crippen molar-refractivity contribution in [1.29, 1.82) is 0 Å². The number of aryl methyl sites for hydroxylation is 1. The molecule has 3 nitrogen and oxygen atoms in total. The summed E-state index contributed by atoms with van der Waals surface area (Å²) in [5, 5.41) is 5.91. The van der Waals surface area contributed by atoms with Crippen molar-refractivity contribution in [2.24, 2.45) is 0 Å². The first-order chi connectivity index (χ1) is 12.0. The fraction of sp³-hybridized carbons (Fsp3) is 0.111. The summed E-state index contributed by atoms with van der Waals surface area (Å²) in [7, 11) is 0. The molecule has 7 heteroatoms. The van der Waals surface area contributed by atoms with Crippen molar-refractivity contribution >= 4 is 58.1 Å². The highest BCUT2D eigenvalue weighted by atomic mass is 35.5. The number of thioether (sulfide) groups is 1. The number of benzene rings is 2. The third kappa shape index (κ3) is 5.25. The average molecular weight is 411 g/mol. The fourth-order valence-electron chi connectivity index (χ4n) is 2.13. The molecule has 3 rings (SSSR count). The lowest BCUT2D eigenvalue weighted by Gasteiger charge is -2.09. The maximum Gasteiger partial charge on any atom is 0.190 e. The number of nitrogens with one attached hydrogen (secondary N) is 1. The number of hydrogen-bond donors (Lipinski definition) is 1. The van der Waals surface area contributed by atoms with E-state index >= 15 is 0 Å². The summed E-state index contributed by atoms with van der Waals surface area (Å²) in [6.07, 6.45) is 0. The quantitative estimate of drug-likeness (QED) is 0.371. The molecule has 0 saturated carbocycles. The van der Waals surface area contributed by atoms with Crippen molar-refractivity contribution in [2.45, 2.75) is 17.8 Å². The molecule has 25 heavy (non-hydrogen) atoms. The molecule has 0 aliphatic heterocycles. The molecule has 128 valence electrons. The average Bonchev–Trinajstić information content (AvgIpc) is 2.56. The van der Waals surface area contributed by atoms with Gasteiger partial charge >= 0.3 is 0 Å². The molecule has 0 saturated heterocycles. The Morgan fingerprint density at radius 3 is 2.36 bits per heavy atom. The molecule has 1 N–H and O–H groups in total. The van der Waals surface area contributed by atoms with Gasteiger partial charge in [0.2, 0.25) is 0 Å². The van der Waals surface area contributed by atoms with Crippen LogP contribution in [0.15, 0.2) is 53.7 Å². The second kappa shape index (κ2) is 8.28. The summed E-state index contributed by atoms with van der Waals surface area (Å²) < 4.78 is 0. The molecule has 0 bridgehead atoms. The monoisotopic (exact) mass is 409 g/mol. The van der Waals surface area contributed by atoms with Gasteiger partial charge in [-0.1, -0.05) is 52.6 Å². The molecule has 0 unspecified atom stereocenters. The van der Waals surface area contributed by atoms with Crippen LogP contribution in [0.3, 0.4) is 0 Å². The molecule has 2 aromatic carbocycles. The third-order valence-corrected chi connectivity index (χ3v) is 5.06. The van der Waals surface area contributed by atoms with E-state index in [-0.39, 0.29) is 0 Å². The predicted octanol–water partition coefficient (Wildman–Crippen LogP) is 6.78. The van der Waals surface area contributed by atoms with Gasteiger partial charge in [-0.05, 0) is 48.9 Å². The topological polar surface area (TPSA) is 37.8 Å². The van der Waals surface area contributed by atoms with Crippen LogP contribution in [-0.2, 0) is 5.75 Å². The van der Waals surface area contributed by atoms with E-state index in [4.69, 9.17) is 34.8 Å². The van der Waals surface area contributed by atoms with Gasteiger partial charge in [-0.2, -0.15) is 0 Å². The second-order valence-electron chi connectivity index (χ2n) is 5.33. The second-order valence-corrected chi connectivity index (χ2v) is 7.56. The summed E-state index contributed by atoms with van der Waals surface area (Å²) >= 11 is 19.6. The van der Waals surface area contributed by atoms with Gasteiger partial charge in [0.15, 0.2) is 5.16 Å². The van der Waals surface area contributed by atoms with Crippen molar-refractivity contribution in [3.8, 4) is 0 Å². The Kier molecular flexibility index (Phi) is 6.07. The summed E-state index contributed by atoms with van der Waals surface area (Å²) in [6, 6.07) is 14.8. The smallest absolute Gasteiger partial charge is 0.190 e. The normalized spacial score (nSPS) is 10.7. The van der Waals surface area contributed by atoms with E-state index < -0.39 is 0 Å². The van der Waals surface area contributed by atoms with Gasteiger partial charge in [0.25, 0.3) is 0 Å². The first-order valence-corrected chi connectivity index (χ1v) is 9.56. The van der Waals surface area contributed by atoms with E-state index in [0.29, 0.717) is 26.0 Å². The Morgan fingerprint density at radius 2 is 1.64 bits per heavy atom. The summed E-state index contributed by atoms with van der Waals surface area (Å²) in [4.78, 5) is 9.03. The third-order valence-electron chi connectivity index (χ3n) is 3.32. The highest BCUT2D eigenvalue weighted by Crippen LogP contribution is 2.28. The number of hydrogen-bond acceptors (Lipinski definition) is 4. The highest BCUT2D eigenvalue weighted by molar-refractivity contribution is 7.98. The Hall–Kier alpha value is -1.46. The van der Waals surface area contributed by atoms with Gasteiger partial charge in [0.1, 0.15) is 5.82 Å². The van der Waals surface area contributed by atoms with Crippen LogP contribution in [0.25, 0.3) is 0 Å². The Labute approximate surface area is 165 Å². The van der Waals surface area contributed by atoms with Gasteiger partial charge < -0.3 is 5.32 Å². The number of anilines is 2. The van der Waals surface area contributed by atoms with E-state index in [2.05, 4.69) is 15.3 Å². The molecule has 0 atom stereocenters. The lowest BCUT2D eigenvalue weighted by atomic mass is 10.2. The van der Waals surface area contributed by atoms with Crippen LogP contribution in [0.2, 0.25) is 15.1 Å². The summed E-state index contributed by atoms with van der Waals surface area (Å²) in [5.41, 5.74) is 2.80. The Balaban J connectivity index is 1.73. The van der Waals surface area contributed by atoms with Gasteiger partial charge in [-0.3, -0.25) is 0 Å². The van der Waals surface area contributed by atoms with Gasteiger partial charge in [0, 0.05) is 38.3 Å². The fourth-order valence-corrected chi connectivity index (χ4v) is 3.72. The molecule has 0 aliphatic carbocycles.